The molecule has 0 rings (SSSR count). The van der Waals surface area contributed by atoms with E-state index in [0.717, 1.165) is 0 Å². The fourth-order valence-electron chi connectivity index (χ4n) is 0. The third-order valence-electron chi connectivity index (χ3n) is 0.0500. The summed E-state index contributed by atoms with van der Waals surface area (Å²) in [7, 11) is -4.64. The standard InChI is InChI=1S/C2N2.2K.H3O4P/c3-1-2-4;;;1-5(2,3)4/h;;;(H3,1,2,3,4). The van der Waals surface area contributed by atoms with Crippen LogP contribution in [0.25, 0.3) is 0 Å². The van der Waals surface area contributed by atoms with Crippen LogP contribution in [0.5, 0.6) is 0 Å². The zero-order chi connectivity index (χ0) is 7.91. The van der Waals surface area contributed by atoms with Crippen molar-refractivity contribution in [2.24, 2.45) is 0 Å². The van der Waals surface area contributed by atoms with E-state index in [1.54, 1.807) is 0 Å². The summed E-state index contributed by atoms with van der Waals surface area (Å²) in [4.78, 5) is 21.6. The molecule has 0 unspecified atom stereocenters. The van der Waals surface area contributed by atoms with E-state index in [-0.39, 0.29) is 103 Å². The van der Waals surface area contributed by atoms with Crippen LogP contribution in [-0.2, 0) is 4.57 Å². The first-order chi connectivity index (χ1) is 3.91. The number of hydrogen-bond acceptors (Lipinski definition) is 3. The first kappa shape index (κ1) is 23.3. The van der Waals surface area contributed by atoms with Crippen molar-refractivity contribution in [1.29, 1.82) is 10.5 Å². The van der Waals surface area contributed by atoms with E-state index in [9.17, 15) is 0 Å². The fraction of sp³-hybridized carbons (Fsp3) is 0. The van der Waals surface area contributed by atoms with E-state index >= 15 is 0 Å². The van der Waals surface area contributed by atoms with Crippen molar-refractivity contribution in [3.05, 3.63) is 0 Å². The summed E-state index contributed by atoms with van der Waals surface area (Å²) in [5.41, 5.74) is 0. The van der Waals surface area contributed by atoms with Crippen molar-refractivity contribution in [3.63, 3.8) is 0 Å². The molecule has 0 spiro atoms. The van der Waals surface area contributed by atoms with Gasteiger partial charge in [-0.25, -0.2) is 4.57 Å². The van der Waals surface area contributed by atoms with Gasteiger partial charge in [-0.15, -0.1) is 0 Å². The topological polar surface area (TPSA) is 125 Å². The van der Waals surface area contributed by atoms with Gasteiger partial charge in [-0.3, -0.25) is 0 Å². The SMILES string of the molecule is N#CC#N.O=P(O)(O)O.[K].[K]. The Morgan fingerprint density at radius 2 is 1.09 bits per heavy atom. The molecule has 11 heavy (non-hydrogen) atoms. The van der Waals surface area contributed by atoms with Crippen molar-refractivity contribution in [2.75, 3.05) is 0 Å². The van der Waals surface area contributed by atoms with Crippen LogP contribution in [0.15, 0.2) is 0 Å². The van der Waals surface area contributed by atoms with Crippen LogP contribution in [0.2, 0.25) is 0 Å². The molecule has 0 aliphatic carbocycles. The summed E-state index contributed by atoms with van der Waals surface area (Å²) >= 11 is 0. The maximum absolute atomic E-state index is 8.88. The molecular weight excluding hydrogens is 225 g/mol. The zero-order valence-corrected chi connectivity index (χ0v) is 13.2. The Hall–Kier alpha value is 2.36. The third kappa shape index (κ3) is 117. The van der Waals surface area contributed by atoms with E-state index in [1.807, 2.05) is 0 Å². The molecule has 0 aromatic heterocycles. The number of nitrogens with zero attached hydrogens (tertiary/aromatic N) is 2. The Labute approximate surface area is 149 Å². The van der Waals surface area contributed by atoms with Crippen LogP contribution in [0.1, 0.15) is 0 Å². The van der Waals surface area contributed by atoms with Crippen LogP contribution in [0.4, 0.5) is 0 Å². The van der Waals surface area contributed by atoms with Crippen molar-refractivity contribution in [1.82, 2.24) is 0 Å². The second-order valence-corrected chi connectivity index (χ2v) is 1.76. The molecule has 2 radical (unpaired) electrons. The normalized spacial score (nSPS) is 6.27. The molecule has 0 saturated heterocycles. The molecule has 0 aromatic rings. The van der Waals surface area contributed by atoms with E-state index in [1.165, 1.54) is 12.1 Å². The third-order valence-corrected chi connectivity index (χ3v) is 0.0500. The van der Waals surface area contributed by atoms with Crippen LogP contribution in [0, 0.1) is 22.7 Å². The van der Waals surface area contributed by atoms with Gasteiger partial charge in [0.2, 0.25) is 0 Å². The molecule has 0 heterocycles. The second-order valence-electron chi connectivity index (χ2n) is 0.737. The largest absolute Gasteiger partial charge is 0.466 e. The number of hydrogen-bond donors (Lipinski definition) is 3. The molecule has 0 aromatic carbocycles. The second kappa shape index (κ2) is 14.9. The van der Waals surface area contributed by atoms with Crippen LogP contribution in [0.3, 0.4) is 0 Å². The molecule has 0 atom stereocenters. The van der Waals surface area contributed by atoms with E-state index in [0.29, 0.717) is 0 Å². The van der Waals surface area contributed by atoms with Crippen molar-refractivity contribution in [2.45, 2.75) is 0 Å². The Morgan fingerprint density at radius 3 is 1.09 bits per heavy atom. The molecule has 0 bridgehead atoms. The molecular formula is C2H3K2N2O4P. The Kier molecular flexibility index (Phi) is 31.5. The maximum atomic E-state index is 8.88. The number of phosphoric acid groups is 1. The Morgan fingerprint density at radius 1 is 1.00 bits per heavy atom. The number of rotatable bonds is 0. The minimum atomic E-state index is -4.64. The number of nitriles is 2. The molecule has 0 aliphatic heterocycles. The predicted octanol–water partition coefficient (Wildman–Crippen LogP) is -1.66. The van der Waals surface area contributed by atoms with E-state index < -0.39 is 7.82 Å². The van der Waals surface area contributed by atoms with Crippen LogP contribution < -0.4 is 0 Å². The first-order valence-electron chi connectivity index (χ1n) is 1.48. The average Bonchev–Trinajstić information content (AvgIpc) is 1.61. The molecule has 3 N–H and O–H groups in total. The molecule has 6 nitrogen and oxygen atoms in total. The summed E-state index contributed by atoms with van der Waals surface area (Å²) in [5, 5.41) is 14.5. The predicted molar refractivity (Wildman–Crippen MR) is 37.0 cm³/mol. The molecule has 0 saturated carbocycles. The smallest absolute Gasteiger partial charge is 0.303 e. The van der Waals surface area contributed by atoms with Gasteiger partial charge in [0.05, 0.1) is 0 Å². The summed E-state index contributed by atoms with van der Waals surface area (Å²) < 4.78 is 8.88. The van der Waals surface area contributed by atoms with Crippen molar-refractivity contribution < 1.29 is 19.2 Å². The van der Waals surface area contributed by atoms with E-state index in [4.69, 9.17) is 29.8 Å². The van der Waals surface area contributed by atoms with Crippen molar-refractivity contribution >= 4 is 111 Å². The molecule has 0 fully saturated rings. The zero-order valence-electron chi connectivity index (χ0n) is 6.09. The van der Waals surface area contributed by atoms with Gasteiger partial charge in [0.15, 0.2) is 12.1 Å². The van der Waals surface area contributed by atoms with Gasteiger partial charge < -0.3 is 14.7 Å². The van der Waals surface area contributed by atoms with Crippen molar-refractivity contribution in [3.8, 4) is 12.1 Å². The monoisotopic (exact) mass is 228 g/mol. The van der Waals surface area contributed by atoms with Gasteiger partial charge in [0.1, 0.15) is 0 Å². The van der Waals surface area contributed by atoms with Gasteiger partial charge in [0, 0.05) is 103 Å². The van der Waals surface area contributed by atoms with Gasteiger partial charge in [-0.05, 0) is 0 Å². The van der Waals surface area contributed by atoms with Gasteiger partial charge in [0.25, 0.3) is 0 Å². The molecule has 52 valence electrons. The fourth-order valence-corrected chi connectivity index (χ4v) is 0. The van der Waals surface area contributed by atoms with Gasteiger partial charge >= 0.3 is 7.82 Å². The minimum Gasteiger partial charge on any atom is -0.303 e. The Balaban J connectivity index is -0.0000000383. The molecule has 9 heteroatoms. The summed E-state index contributed by atoms with van der Waals surface area (Å²) in [6.07, 6.45) is 0. The van der Waals surface area contributed by atoms with Crippen LogP contribution in [-0.4, -0.2) is 117 Å². The Bertz CT molecular complexity index is 169. The minimum absolute atomic E-state index is 0. The average molecular weight is 228 g/mol. The summed E-state index contributed by atoms with van der Waals surface area (Å²) in [5.74, 6) is 0. The quantitative estimate of drug-likeness (QED) is 0.336. The molecule has 0 amide bonds. The first-order valence-corrected chi connectivity index (χ1v) is 3.04. The summed E-state index contributed by atoms with van der Waals surface area (Å²) in [6.45, 7) is 0. The summed E-state index contributed by atoms with van der Waals surface area (Å²) in [6, 6.07) is 2.47. The van der Waals surface area contributed by atoms with Crippen LogP contribution >= 0.6 is 7.82 Å². The maximum Gasteiger partial charge on any atom is 0.466 e. The molecule has 0 aliphatic rings. The van der Waals surface area contributed by atoms with Gasteiger partial charge in [-0.2, -0.15) is 10.5 Å². The van der Waals surface area contributed by atoms with Gasteiger partial charge in [-0.1, -0.05) is 0 Å². The van der Waals surface area contributed by atoms with E-state index in [2.05, 4.69) is 0 Å².